The maximum atomic E-state index is 11.1. The number of carbonyl (C=O) groups excluding carboxylic acids is 1. The fraction of sp³-hybridized carbons (Fsp3) is 0.250. The second-order valence-electron chi connectivity index (χ2n) is 2.30. The van der Waals surface area contributed by atoms with Crippen LogP contribution in [0, 0.1) is 11.3 Å². The number of amides is 2. The first-order chi connectivity index (χ1) is 6.33. The van der Waals surface area contributed by atoms with Gasteiger partial charge in [-0.15, -0.1) is 0 Å². The molecule has 0 fully saturated rings. The lowest BCUT2D eigenvalue weighted by molar-refractivity contribution is 0.252. The van der Waals surface area contributed by atoms with Crippen molar-refractivity contribution in [3.05, 3.63) is 16.8 Å². The molecule has 1 aromatic rings. The zero-order valence-corrected chi connectivity index (χ0v) is 7.73. The largest absolute Gasteiger partial charge is 0.337 e. The first kappa shape index (κ1) is 9.55. The third kappa shape index (κ3) is 3.58. The van der Waals surface area contributed by atoms with E-state index in [9.17, 15) is 4.79 Å². The van der Waals surface area contributed by atoms with E-state index in [-0.39, 0.29) is 6.03 Å². The first-order valence-electron chi connectivity index (χ1n) is 3.77. The van der Waals surface area contributed by atoms with Crippen molar-refractivity contribution in [1.29, 1.82) is 5.26 Å². The highest BCUT2D eigenvalue weighted by Gasteiger charge is 1.99. The molecule has 13 heavy (non-hydrogen) atoms. The zero-order chi connectivity index (χ0) is 9.52. The number of rotatable bonds is 3. The number of urea groups is 1. The van der Waals surface area contributed by atoms with Gasteiger partial charge in [0, 0.05) is 11.9 Å². The van der Waals surface area contributed by atoms with Crippen molar-refractivity contribution in [2.45, 2.75) is 6.42 Å². The van der Waals surface area contributed by atoms with E-state index in [4.69, 9.17) is 5.26 Å². The van der Waals surface area contributed by atoms with Gasteiger partial charge >= 0.3 is 6.03 Å². The molecule has 1 heterocycles. The molecule has 0 aliphatic rings. The van der Waals surface area contributed by atoms with Gasteiger partial charge in [-0.05, 0) is 11.4 Å². The number of hydrogen-bond acceptors (Lipinski definition) is 3. The molecule has 1 rings (SSSR count). The molecule has 0 unspecified atom stereocenters. The zero-order valence-electron chi connectivity index (χ0n) is 6.91. The van der Waals surface area contributed by atoms with Crippen LogP contribution in [-0.2, 0) is 0 Å². The van der Waals surface area contributed by atoms with Crippen LogP contribution in [0.15, 0.2) is 16.8 Å². The molecule has 4 nitrogen and oxygen atoms in total. The summed E-state index contributed by atoms with van der Waals surface area (Å²) in [6.45, 7) is 0.381. The Kier molecular flexibility index (Phi) is 3.79. The lowest BCUT2D eigenvalue weighted by Crippen LogP contribution is -2.29. The van der Waals surface area contributed by atoms with Gasteiger partial charge in [0.1, 0.15) is 0 Å². The second kappa shape index (κ2) is 5.17. The minimum atomic E-state index is -0.270. The minimum absolute atomic E-state index is 0.270. The average molecular weight is 195 g/mol. The number of thiophene rings is 1. The van der Waals surface area contributed by atoms with Crippen LogP contribution in [0.4, 0.5) is 10.5 Å². The Hall–Kier alpha value is -1.54. The first-order valence-corrected chi connectivity index (χ1v) is 4.71. The van der Waals surface area contributed by atoms with Crippen molar-refractivity contribution in [1.82, 2.24) is 5.32 Å². The molecule has 0 aliphatic heterocycles. The predicted molar refractivity (Wildman–Crippen MR) is 51.6 cm³/mol. The fourth-order valence-corrected chi connectivity index (χ4v) is 1.33. The van der Waals surface area contributed by atoms with Crippen molar-refractivity contribution in [2.75, 3.05) is 11.9 Å². The van der Waals surface area contributed by atoms with Crippen LogP contribution in [0.1, 0.15) is 6.42 Å². The van der Waals surface area contributed by atoms with Crippen molar-refractivity contribution in [3.63, 3.8) is 0 Å². The number of nitriles is 1. The van der Waals surface area contributed by atoms with Gasteiger partial charge in [-0.3, -0.25) is 0 Å². The highest BCUT2D eigenvalue weighted by molar-refractivity contribution is 7.08. The summed E-state index contributed by atoms with van der Waals surface area (Å²) in [5, 5.41) is 17.1. The lowest BCUT2D eigenvalue weighted by atomic mass is 10.5. The number of anilines is 1. The highest BCUT2D eigenvalue weighted by Crippen LogP contribution is 2.10. The molecule has 2 N–H and O–H groups in total. The summed E-state index contributed by atoms with van der Waals surface area (Å²) in [7, 11) is 0. The molecule has 0 aliphatic carbocycles. The third-order valence-corrected chi connectivity index (χ3v) is 1.98. The smallest absolute Gasteiger partial charge is 0.319 e. The minimum Gasteiger partial charge on any atom is -0.337 e. The summed E-state index contributed by atoms with van der Waals surface area (Å²) in [4.78, 5) is 11.1. The maximum absolute atomic E-state index is 11.1. The summed E-state index contributed by atoms with van der Waals surface area (Å²) in [5.74, 6) is 0. The second-order valence-corrected chi connectivity index (χ2v) is 3.08. The van der Waals surface area contributed by atoms with E-state index >= 15 is 0 Å². The summed E-state index contributed by atoms with van der Waals surface area (Å²) in [6.07, 6.45) is 0.330. The molecular formula is C8H9N3OS. The quantitative estimate of drug-likeness (QED) is 0.722. The van der Waals surface area contributed by atoms with Crippen molar-refractivity contribution < 1.29 is 4.79 Å². The van der Waals surface area contributed by atoms with E-state index in [2.05, 4.69) is 10.6 Å². The Morgan fingerprint density at radius 1 is 1.69 bits per heavy atom. The van der Waals surface area contributed by atoms with Crippen LogP contribution < -0.4 is 10.6 Å². The molecule has 0 radical (unpaired) electrons. The van der Waals surface area contributed by atoms with E-state index in [0.29, 0.717) is 13.0 Å². The molecule has 0 saturated heterocycles. The van der Waals surface area contributed by atoms with Crippen LogP contribution in [-0.4, -0.2) is 12.6 Å². The number of nitrogens with one attached hydrogen (secondary N) is 2. The van der Waals surface area contributed by atoms with Gasteiger partial charge in [0.2, 0.25) is 0 Å². The molecule has 5 heteroatoms. The molecule has 0 aromatic carbocycles. The van der Waals surface area contributed by atoms with Gasteiger partial charge in [-0.2, -0.15) is 16.6 Å². The summed E-state index contributed by atoms with van der Waals surface area (Å²) >= 11 is 1.52. The molecule has 0 saturated carbocycles. The van der Waals surface area contributed by atoms with Crippen LogP contribution in [0.25, 0.3) is 0 Å². The number of hydrogen-bond donors (Lipinski definition) is 2. The monoisotopic (exact) mass is 195 g/mol. The standard InChI is InChI=1S/C8H9N3OS/c9-3-1-4-10-8(12)11-7-2-5-13-6-7/h2,5-6H,1,4H2,(H2,10,11,12). The topological polar surface area (TPSA) is 64.9 Å². The maximum Gasteiger partial charge on any atom is 0.319 e. The predicted octanol–water partition coefficient (Wildman–Crippen LogP) is 1.78. The Labute approximate surface area is 80.2 Å². The van der Waals surface area contributed by atoms with Crippen molar-refractivity contribution in [3.8, 4) is 6.07 Å². The van der Waals surface area contributed by atoms with Crippen LogP contribution in [0.2, 0.25) is 0 Å². The molecule has 2 amide bonds. The molecule has 1 aromatic heterocycles. The highest BCUT2D eigenvalue weighted by atomic mass is 32.1. The molecule has 0 atom stereocenters. The van der Waals surface area contributed by atoms with Gasteiger partial charge in [0.15, 0.2) is 0 Å². The van der Waals surface area contributed by atoms with Gasteiger partial charge in [0.25, 0.3) is 0 Å². The molecule has 0 bridgehead atoms. The lowest BCUT2D eigenvalue weighted by Gasteiger charge is -2.02. The fourth-order valence-electron chi connectivity index (χ4n) is 0.743. The van der Waals surface area contributed by atoms with Gasteiger partial charge in [-0.25, -0.2) is 4.79 Å². The Bertz CT molecular complexity index is 302. The molecular weight excluding hydrogens is 186 g/mol. The summed E-state index contributed by atoms with van der Waals surface area (Å²) in [5.41, 5.74) is 0.777. The Morgan fingerprint density at radius 3 is 3.15 bits per heavy atom. The van der Waals surface area contributed by atoms with Crippen molar-refractivity contribution >= 4 is 23.1 Å². The molecule has 68 valence electrons. The normalized spacial score (nSPS) is 8.85. The van der Waals surface area contributed by atoms with E-state index in [1.165, 1.54) is 11.3 Å². The third-order valence-electron chi connectivity index (χ3n) is 1.30. The van der Waals surface area contributed by atoms with E-state index in [1.807, 2.05) is 22.9 Å². The number of carbonyl (C=O) groups is 1. The Balaban J connectivity index is 2.23. The van der Waals surface area contributed by atoms with E-state index in [0.717, 1.165) is 5.69 Å². The SMILES string of the molecule is N#CCCNC(=O)Nc1ccsc1. The van der Waals surface area contributed by atoms with E-state index < -0.39 is 0 Å². The van der Waals surface area contributed by atoms with Crippen molar-refractivity contribution in [2.24, 2.45) is 0 Å². The summed E-state index contributed by atoms with van der Waals surface area (Å²) in [6, 6.07) is 3.49. The Morgan fingerprint density at radius 2 is 2.54 bits per heavy atom. The van der Waals surface area contributed by atoms with E-state index in [1.54, 1.807) is 0 Å². The van der Waals surface area contributed by atoms with Gasteiger partial charge < -0.3 is 10.6 Å². The van der Waals surface area contributed by atoms with Crippen LogP contribution >= 0.6 is 11.3 Å². The van der Waals surface area contributed by atoms with Crippen LogP contribution in [0.5, 0.6) is 0 Å². The average Bonchev–Trinajstić information content (AvgIpc) is 2.57. The van der Waals surface area contributed by atoms with Gasteiger partial charge in [-0.1, -0.05) is 0 Å². The van der Waals surface area contributed by atoms with Crippen LogP contribution in [0.3, 0.4) is 0 Å². The summed E-state index contributed by atoms with van der Waals surface area (Å²) < 4.78 is 0. The number of nitrogens with zero attached hydrogens (tertiary/aromatic N) is 1. The van der Waals surface area contributed by atoms with Gasteiger partial charge in [0.05, 0.1) is 18.2 Å². The molecule has 0 spiro atoms.